The number of nitrogens with one attached hydrogen (secondary N) is 1. The standard InChI is InChI=1S/C15H17N3O4/c1-12(19)22-10-9-18(14(20)7-8-16)15(21)17-11-13-5-3-2-4-6-13/h2-6H,7,9-11H2,1H3,(H,17,21). The van der Waals surface area contributed by atoms with Crippen LogP contribution in [0, 0.1) is 11.3 Å². The highest BCUT2D eigenvalue weighted by molar-refractivity contribution is 5.95. The van der Waals surface area contributed by atoms with Gasteiger partial charge < -0.3 is 10.1 Å². The highest BCUT2D eigenvalue weighted by atomic mass is 16.5. The molecule has 0 aliphatic rings. The van der Waals surface area contributed by atoms with Crippen molar-refractivity contribution in [3.05, 3.63) is 35.9 Å². The predicted octanol–water partition coefficient (Wildman–Crippen LogP) is 1.20. The molecule has 116 valence electrons. The minimum atomic E-state index is -0.639. The van der Waals surface area contributed by atoms with Crippen molar-refractivity contribution in [1.29, 1.82) is 5.26 Å². The van der Waals surface area contributed by atoms with Crippen LogP contribution in [0.4, 0.5) is 4.79 Å². The zero-order valence-electron chi connectivity index (χ0n) is 12.2. The number of nitriles is 1. The molecule has 0 fully saturated rings. The summed E-state index contributed by atoms with van der Waals surface area (Å²) in [7, 11) is 0. The lowest BCUT2D eigenvalue weighted by Crippen LogP contribution is -2.45. The van der Waals surface area contributed by atoms with E-state index in [1.807, 2.05) is 30.3 Å². The molecule has 0 saturated heterocycles. The van der Waals surface area contributed by atoms with Gasteiger partial charge >= 0.3 is 12.0 Å². The maximum Gasteiger partial charge on any atom is 0.324 e. The Bertz CT molecular complexity index is 566. The Morgan fingerprint density at radius 2 is 1.95 bits per heavy atom. The molecule has 22 heavy (non-hydrogen) atoms. The molecule has 0 spiro atoms. The molecule has 1 N–H and O–H groups in total. The summed E-state index contributed by atoms with van der Waals surface area (Å²) in [5.74, 6) is -1.14. The third-order valence-corrected chi connectivity index (χ3v) is 2.68. The SMILES string of the molecule is CC(=O)OCCN(C(=O)CC#N)C(=O)NCc1ccccc1. The van der Waals surface area contributed by atoms with Crippen molar-refractivity contribution in [2.45, 2.75) is 19.9 Å². The highest BCUT2D eigenvalue weighted by Gasteiger charge is 2.21. The number of amides is 3. The zero-order valence-corrected chi connectivity index (χ0v) is 12.2. The molecule has 3 amide bonds. The molecular weight excluding hydrogens is 286 g/mol. The van der Waals surface area contributed by atoms with E-state index in [1.54, 1.807) is 6.07 Å². The van der Waals surface area contributed by atoms with Crippen molar-refractivity contribution >= 4 is 17.9 Å². The van der Waals surface area contributed by atoms with Gasteiger partial charge in [0.1, 0.15) is 13.0 Å². The summed E-state index contributed by atoms with van der Waals surface area (Å²) >= 11 is 0. The predicted molar refractivity (Wildman–Crippen MR) is 77.3 cm³/mol. The maximum absolute atomic E-state index is 12.1. The molecule has 1 aromatic rings. The second-order valence-electron chi connectivity index (χ2n) is 4.36. The Hall–Kier alpha value is -2.88. The molecule has 0 aromatic heterocycles. The van der Waals surface area contributed by atoms with Crippen LogP contribution in [-0.4, -0.2) is 36.0 Å². The summed E-state index contributed by atoms with van der Waals surface area (Å²) < 4.78 is 4.72. The summed E-state index contributed by atoms with van der Waals surface area (Å²) in [5, 5.41) is 11.2. The number of carbonyl (C=O) groups excluding carboxylic acids is 3. The number of rotatable bonds is 6. The van der Waals surface area contributed by atoms with Gasteiger partial charge in [0.15, 0.2) is 0 Å². The van der Waals surface area contributed by atoms with E-state index in [0.717, 1.165) is 10.5 Å². The maximum atomic E-state index is 12.1. The van der Waals surface area contributed by atoms with Gasteiger partial charge in [0.25, 0.3) is 0 Å². The van der Waals surface area contributed by atoms with E-state index in [0.29, 0.717) is 0 Å². The second-order valence-corrected chi connectivity index (χ2v) is 4.36. The molecule has 7 heteroatoms. The number of carbonyl (C=O) groups is 3. The molecule has 0 aliphatic carbocycles. The number of hydrogen-bond acceptors (Lipinski definition) is 5. The van der Waals surface area contributed by atoms with Crippen molar-refractivity contribution < 1.29 is 19.1 Å². The Morgan fingerprint density at radius 1 is 1.27 bits per heavy atom. The first-order chi connectivity index (χ1) is 10.5. The lowest BCUT2D eigenvalue weighted by molar-refractivity contribution is -0.142. The van der Waals surface area contributed by atoms with Crippen molar-refractivity contribution in [3.63, 3.8) is 0 Å². The summed E-state index contributed by atoms with van der Waals surface area (Å²) in [4.78, 5) is 35.4. The Morgan fingerprint density at radius 3 is 2.55 bits per heavy atom. The molecule has 0 radical (unpaired) electrons. The lowest BCUT2D eigenvalue weighted by atomic mass is 10.2. The van der Waals surface area contributed by atoms with Gasteiger partial charge in [-0.1, -0.05) is 30.3 Å². The number of hydrogen-bond donors (Lipinski definition) is 1. The fourth-order valence-corrected chi connectivity index (χ4v) is 1.65. The minimum absolute atomic E-state index is 0.0965. The quantitative estimate of drug-likeness (QED) is 0.796. The summed E-state index contributed by atoms with van der Waals surface area (Å²) in [6.45, 7) is 1.28. The van der Waals surface area contributed by atoms with Crippen LogP contribution in [0.1, 0.15) is 18.9 Å². The van der Waals surface area contributed by atoms with E-state index in [1.165, 1.54) is 6.92 Å². The van der Waals surface area contributed by atoms with E-state index in [2.05, 4.69) is 5.32 Å². The van der Waals surface area contributed by atoms with Gasteiger partial charge in [-0.2, -0.15) is 5.26 Å². The van der Waals surface area contributed by atoms with Gasteiger partial charge in [-0.05, 0) is 5.56 Å². The number of esters is 1. The average molecular weight is 303 g/mol. The van der Waals surface area contributed by atoms with Crippen LogP contribution in [0.3, 0.4) is 0 Å². The first kappa shape index (κ1) is 17.2. The van der Waals surface area contributed by atoms with Crippen LogP contribution >= 0.6 is 0 Å². The van der Waals surface area contributed by atoms with Gasteiger partial charge in [-0.25, -0.2) is 4.79 Å². The molecule has 1 rings (SSSR count). The monoisotopic (exact) mass is 303 g/mol. The summed E-state index contributed by atoms with van der Waals surface area (Å²) in [6, 6.07) is 10.3. The number of imide groups is 1. The van der Waals surface area contributed by atoms with Crippen molar-refractivity contribution in [3.8, 4) is 6.07 Å². The minimum Gasteiger partial charge on any atom is -0.464 e. The summed E-state index contributed by atoms with van der Waals surface area (Å²) in [5.41, 5.74) is 0.878. The first-order valence-electron chi connectivity index (χ1n) is 6.67. The molecule has 0 bridgehead atoms. The van der Waals surface area contributed by atoms with E-state index in [4.69, 9.17) is 10.00 Å². The van der Waals surface area contributed by atoms with Crippen LogP contribution in [0.15, 0.2) is 30.3 Å². The van der Waals surface area contributed by atoms with E-state index >= 15 is 0 Å². The van der Waals surface area contributed by atoms with Crippen molar-refractivity contribution in [1.82, 2.24) is 10.2 Å². The number of urea groups is 1. The normalized spacial score (nSPS) is 9.45. The van der Waals surface area contributed by atoms with Crippen molar-refractivity contribution in [2.24, 2.45) is 0 Å². The first-order valence-corrected chi connectivity index (χ1v) is 6.67. The molecule has 0 unspecified atom stereocenters. The molecular formula is C15H17N3O4. The van der Waals surface area contributed by atoms with E-state index in [9.17, 15) is 14.4 Å². The molecule has 7 nitrogen and oxygen atoms in total. The van der Waals surface area contributed by atoms with Crippen LogP contribution < -0.4 is 5.32 Å². The number of ether oxygens (including phenoxy) is 1. The fraction of sp³-hybridized carbons (Fsp3) is 0.333. The largest absolute Gasteiger partial charge is 0.464 e. The molecule has 0 heterocycles. The second kappa shape index (κ2) is 9.13. The number of nitrogens with zero attached hydrogens (tertiary/aromatic N) is 2. The van der Waals surface area contributed by atoms with Gasteiger partial charge in [0.2, 0.25) is 5.91 Å². The van der Waals surface area contributed by atoms with Crippen LogP contribution in [0.2, 0.25) is 0 Å². The summed E-state index contributed by atoms with van der Waals surface area (Å²) in [6.07, 6.45) is -0.418. The molecule has 0 aliphatic heterocycles. The van der Waals surface area contributed by atoms with Gasteiger partial charge in [0, 0.05) is 13.5 Å². The smallest absolute Gasteiger partial charge is 0.324 e. The van der Waals surface area contributed by atoms with Crippen molar-refractivity contribution in [2.75, 3.05) is 13.2 Å². The van der Waals surface area contributed by atoms with Crippen LogP contribution in [0.25, 0.3) is 0 Å². The molecule has 0 saturated carbocycles. The third-order valence-electron chi connectivity index (χ3n) is 2.68. The van der Waals surface area contributed by atoms with Crippen LogP contribution in [0.5, 0.6) is 0 Å². The number of benzene rings is 1. The topological polar surface area (TPSA) is 99.5 Å². The molecule has 0 atom stereocenters. The highest BCUT2D eigenvalue weighted by Crippen LogP contribution is 2.00. The van der Waals surface area contributed by atoms with E-state index < -0.39 is 24.3 Å². The molecule has 1 aromatic carbocycles. The van der Waals surface area contributed by atoms with Gasteiger partial charge in [-0.3, -0.25) is 14.5 Å². The Kier molecular flexibility index (Phi) is 7.13. The Labute approximate surface area is 128 Å². The zero-order chi connectivity index (χ0) is 16.4. The fourth-order valence-electron chi connectivity index (χ4n) is 1.65. The lowest BCUT2D eigenvalue weighted by Gasteiger charge is -2.20. The van der Waals surface area contributed by atoms with Gasteiger partial charge in [-0.15, -0.1) is 0 Å². The van der Waals surface area contributed by atoms with E-state index in [-0.39, 0.29) is 19.7 Å². The third kappa shape index (κ3) is 6.05. The Balaban J connectivity index is 2.60. The van der Waals surface area contributed by atoms with Gasteiger partial charge in [0.05, 0.1) is 12.6 Å². The van der Waals surface area contributed by atoms with Crippen LogP contribution in [-0.2, 0) is 20.9 Å². The average Bonchev–Trinajstić information content (AvgIpc) is 2.50.